The van der Waals surface area contributed by atoms with Crippen LogP contribution in [0.1, 0.15) is 0 Å². The third kappa shape index (κ3) is 2.01. The van der Waals surface area contributed by atoms with Gasteiger partial charge in [-0.25, -0.2) is 15.0 Å². The first-order valence-corrected chi connectivity index (χ1v) is 6.45. The zero-order valence-electron chi connectivity index (χ0n) is 9.34. The van der Waals surface area contributed by atoms with Gasteiger partial charge >= 0.3 is 0 Å². The molecular weight excluding hydrogens is 339 g/mol. The van der Waals surface area contributed by atoms with E-state index in [9.17, 15) is 0 Å². The largest absolute Gasteiger partial charge is 0.382 e. The highest BCUT2D eigenvalue weighted by atomic mass is 127. The molecule has 0 aliphatic carbocycles. The van der Waals surface area contributed by atoms with Gasteiger partial charge in [0.25, 0.3) is 0 Å². The van der Waals surface area contributed by atoms with Crippen LogP contribution in [0.2, 0.25) is 0 Å². The molecule has 3 aromatic rings. The van der Waals surface area contributed by atoms with E-state index in [-0.39, 0.29) is 0 Å². The van der Waals surface area contributed by atoms with E-state index >= 15 is 0 Å². The van der Waals surface area contributed by atoms with E-state index in [1.165, 1.54) is 0 Å². The Morgan fingerprint density at radius 1 is 1.11 bits per heavy atom. The van der Waals surface area contributed by atoms with E-state index in [1.54, 1.807) is 12.4 Å². The standard InChI is InChI=1S/C13H9IN4/c14-10-3-1-2-8(6-10)13-17-7-9-4-5-16-12(15)11(9)18-13/h1-7H,(H2,15,16). The van der Waals surface area contributed by atoms with Crippen LogP contribution in [0.15, 0.2) is 42.7 Å². The Morgan fingerprint density at radius 3 is 2.83 bits per heavy atom. The number of halogens is 1. The zero-order valence-corrected chi connectivity index (χ0v) is 11.5. The molecule has 3 rings (SSSR count). The van der Waals surface area contributed by atoms with Gasteiger partial charge in [0, 0.05) is 26.9 Å². The fourth-order valence-electron chi connectivity index (χ4n) is 1.74. The molecule has 0 atom stereocenters. The summed E-state index contributed by atoms with van der Waals surface area (Å²) in [7, 11) is 0. The Kier molecular flexibility index (Phi) is 2.83. The molecule has 2 N–H and O–H groups in total. The molecule has 2 heterocycles. The lowest BCUT2D eigenvalue weighted by Gasteiger charge is -2.04. The molecule has 0 unspecified atom stereocenters. The van der Waals surface area contributed by atoms with Gasteiger partial charge in [0.2, 0.25) is 0 Å². The van der Waals surface area contributed by atoms with Crippen LogP contribution in [0.3, 0.4) is 0 Å². The molecule has 0 saturated carbocycles. The van der Waals surface area contributed by atoms with Gasteiger partial charge in [-0.05, 0) is 40.8 Å². The highest BCUT2D eigenvalue weighted by molar-refractivity contribution is 14.1. The third-order valence-electron chi connectivity index (χ3n) is 2.61. The SMILES string of the molecule is Nc1nccc2cnc(-c3cccc(I)c3)nc12. The van der Waals surface area contributed by atoms with Crippen molar-refractivity contribution in [3.8, 4) is 11.4 Å². The Labute approximate surface area is 117 Å². The Hall–Kier alpha value is -1.76. The number of nitrogens with two attached hydrogens (primary N) is 1. The first-order chi connectivity index (χ1) is 8.74. The summed E-state index contributed by atoms with van der Waals surface area (Å²) in [6.07, 6.45) is 3.43. The molecule has 18 heavy (non-hydrogen) atoms. The average molecular weight is 348 g/mol. The predicted molar refractivity (Wildman–Crippen MR) is 79.9 cm³/mol. The van der Waals surface area contributed by atoms with E-state index in [0.717, 1.165) is 14.5 Å². The van der Waals surface area contributed by atoms with Crippen LogP contribution in [0.25, 0.3) is 22.3 Å². The second kappa shape index (κ2) is 4.49. The molecule has 0 fully saturated rings. The topological polar surface area (TPSA) is 64.7 Å². The summed E-state index contributed by atoms with van der Waals surface area (Å²) in [4.78, 5) is 12.9. The minimum Gasteiger partial charge on any atom is -0.382 e. The molecule has 0 radical (unpaired) electrons. The van der Waals surface area contributed by atoms with E-state index < -0.39 is 0 Å². The first-order valence-electron chi connectivity index (χ1n) is 5.37. The average Bonchev–Trinajstić information content (AvgIpc) is 2.39. The highest BCUT2D eigenvalue weighted by Crippen LogP contribution is 2.21. The van der Waals surface area contributed by atoms with Crippen molar-refractivity contribution in [2.75, 3.05) is 5.73 Å². The number of nitrogens with zero attached hydrogens (tertiary/aromatic N) is 3. The van der Waals surface area contributed by atoms with Crippen molar-refractivity contribution in [1.29, 1.82) is 0 Å². The number of benzene rings is 1. The molecule has 0 amide bonds. The van der Waals surface area contributed by atoms with E-state index in [2.05, 4.69) is 37.5 Å². The number of rotatable bonds is 1. The van der Waals surface area contributed by atoms with Crippen LogP contribution in [-0.4, -0.2) is 15.0 Å². The van der Waals surface area contributed by atoms with Crippen LogP contribution in [0, 0.1) is 3.57 Å². The monoisotopic (exact) mass is 348 g/mol. The number of nitrogen functional groups attached to an aromatic ring is 1. The predicted octanol–water partition coefficient (Wildman–Crippen LogP) is 2.88. The van der Waals surface area contributed by atoms with Crippen molar-refractivity contribution in [3.05, 3.63) is 46.3 Å². The van der Waals surface area contributed by atoms with Gasteiger partial charge < -0.3 is 5.73 Å². The lowest BCUT2D eigenvalue weighted by atomic mass is 10.2. The summed E-state index contributed by atoms with van der Waals surface area (Å²) >= 11 is 2.26. The summed E-state index contributed by atoms with van der Waals surface area (Å²) in [5, 5.41) is 0.900. The zero-order chi connectivity index (χ0) is 12.5. The van der Waals surface area contributed by atoms with Crippen LogP contribution >= 0.6 is 22.6 Å². The normalized spacial score (nSPS) is 10.7. The Bertz CT molecular complexity index is 727. The molecule has 5 heteroatoms. The number of anilines is 1. The van der Waals surface area contributed by atoms with Gasteiger partial charge in [-0.15, -0.1) is 0 Å². The number of aromatic nitrogens is 3. The van der Waals surface area contributed by atoms with Crippen molar-refractivity contribution in [2.24, 2.45) is 0 Å². The van der Waals surface area contributed by atoms with Gasteiger partial charge in [-0.3, -0.25) is 0 Å². The first kappa shape index (κ1) is 11.3. The summed E-state index contributed by atoms with van der Waals surface area (Å²) in [6.45, 7) is 0. The van der Waals surface area contributed by atoms with Crippen LogP contribution in [-0.2, 0) is 0 Å². The van der Waals surface area contributed by atoms with E-state index in [1.807, 2.05) is 30.3 Å². The van der Waals surface area contributed by atoms with Crippen molar-refractivity contribution in [3.63, 3.8) is 0 Å². The second-order valence-electron chi connectivity index (χ2n) is 3.84. The molecule has 0 saturated heterocycles. The van der Waals surface area contributed by atoms with Crippen molar-refractivity contribution in [1.82, 2.24) is 15.0 Å². The van der Waals surface area contributed by atoms with Crippen LogP contribution in [0.5, 0.6) is 0 Å². The summed E-state index contributed by atoms with van der Waals surface area (Å²) in [6, 6.07) is 9.88. The molecular formula is C13H9IN4. The van der Waals surface area contributed by atoms with Gasteiger partial charge in [-0.2, -0.15) is 0 Å². The quantitative estimate of drug-likeness (QED) is 0.687. The fraction of sp³-hybridized carbons (Fsp3) is 0. The molecule has 88 valence electrons. The lowest BCUT2D eigenvalue weighted by molar-refractivity contribution is 1.21. The van der Waals surface area contributed by atoms with Crippen molar-refractivity contribution < 1.29 is 0 Å². The third-order valence-corrected chi connectivity index (χ3v) is 3.28. The molecule has 1 aromatic carbocycles. The smallest absolute Gasteiger partial charge is 0.159 e. The maximum Gasteiger partial charge on any atom is 0.159 e. The minimum absolute atomic E-state index is 0.432. The van der Waals surface area contributed by atoms with Gasteiger partial charge in [-0.1, -0.05) is 12.1 Å². The van der Waals surface area contributed by atoms with Crippen molar-refractivity contribution in [2.45, 2.75) is 0 Å². The molecule has 0 aliphatic rings. The highest BCUT2D eigenvalue weighted by Gasteiger charge is 2.06. The van der Waals surface area contributed by atoms with Gasteiger partial charge in [0.15, 0.2) is 5.82 Å². The molecule has 0 spiro atoms. The summed E-state index contributed by atoms with van der Waals surface area (Å²) < 4.78 is 1.15. The molecule has 4 nitrogen and oxygen atoms in total. The number of hydrogen-bond donors (Lipinski definition) is 1. The molecule has 0 bridgehead atoms. The van der Waals surface area contributed by atoms with E-state index in [4.69, 9.17) is 5.73 Å². The second-order valence-corrected chi connectivity index (χ2v) is 5.08. The maximum atomic E-state index is 5.83. The van der Waals surface area contributed by atoms with Crippen molar-refractivity contribution >= 4 is 39.3 Å². The van der Waals surface area contributed by atoms with E-state index in [0.29, 0.717) is 17.2 Å². The summed E-state index contributed by atoms with van der Waals surface area (Å²) in [5.41, 5.74) is 7.50. The number of pyridine rings is 1. The van der Waals surface area contributed by atoms with Crippen LogP contribution < -0.4 is 5.73 Å². The Morgan fingerprint density at radius 2 is 2.00 bits per heavy atom. The minimum atomic E-state index is 0.432. The maximum absolute atomic E-state index is 5.83. The number of fused-ring (bicyclic) bond motifs is 1. The molecule has 2 aromatic heterocycles. The fourth-order valence-corrected chi connectivity index (χ4v) is 2.29. The van der Waals surface area contributed by atoms with Gasteiger partial charge in [0.05, 0.1) is 0 Å². The molecule has 0 aliphatic heterocycles. The summed E-state index contributed by atoms with van der Waals surface area (Å²) in [5.74, 6) is 1.10. The van der Waals surface area contributed by atoms with Gasteiger partial charge in [0.1, 0.15) is 11.3 Å². The Balaban J connectivity index is 2.22. The number of hydrogen-bond acceptors (Lipinski definition) is 4. The van der Waals surface area contributed by atoms with Crippen LogP contribution in [0.4, 0.5) is 5.82 Å². The lowest BCUT2D eigenvalue weighted by Crippen LogP contribution is -1.96.